The van der Waals surface area contributed by atoms with E-state index in [0.717, 1.165) is 0 Å². The van der Waals surface area contributed by atoms with Crippen molar-refractivity contribution in [2.24, 2.45) is 0 Å². The van der Waals surface area contributed by atoms with E-state index < -0.39 is 15.8 Å². The zero-order valence-electron chi connectivity index (χ0n) is 8.94. The van der Waals surface area contributed by atoms with E-state index in [0.29, 0.717) is 12.2 Å². The quantitative estimate of drug-likeness (QED) is 0.786. The van der Waals surface area contributed by atoms with E-state index >= 15 is 0 Å². The Morgan fingerprint density at radius 1 is 1.65 bits per heavy atom. The normalized spacial score (nSPS) is 22.5. The van der Waals surface area contributed by atoms with Gasteiger partial charge < -0.3 is 9.84 Å². The Bertz CT molecular complexity index is 521. The molecule has 8 heteroatoms. The topological polar surface area (TPSA) is 98.5 Å². The molecular formula is C9H12N2O5S. The van der Waals surface area contributed by atoms with E-state index in [1.807, 2.05) is 0 Å². The summed E-state index contributed by atoms with van der Waals surface area (Å²) in [7, 11) is -2.97. The first kappa shape index (κ1) is 11.9. The summed E-state index contributed by atoms with van der Waals surface area (Å²) in [6, 6.07) is 0. The number of carboxylic acids is 1. The molecular weight excluding hydrogens is 248 g/mol. The fraction of sp³-hybridized carbons (Fsp3) is 0.556. The van der Waals surface area contributed by atoms with Gasteiger partial charge in [0.1, 0.15) is 12.6 Å². The highest BCUT2D eigenvalue weighted by Crippen LogP contribution is 2.19. The standard InChI is InChI=1S/C9H12N2O5S/c12-9(13)5-11-4-8(3-10-11)16-7-1-2-17(14,15)6-7/h3-4,7H,1-2,5-6H2,(H,12,13). The van der Waals surface area contributed by atoms with Crippen LogP contribution in [-0.2, 0) is 21.2 Å². The lowest BCUT2D eigenvalue weighted by Crippen LogP contribution is -2.17. The first-order valence-corrected chi connectivity index (χ1v) is 6.88. The van der Waals surface area contributed by atoms with Crippen molar-refractivity contribution < 1.29 is 23.1 Å². The van der Waals surface area contributed by atoms with E-state index in [9.17, 15) is 13.2 Å². The van der Waals surface area contributed by atoms with Gasteiger partial charge in [-0.2, -0.15) is 5.10 Å². The number of nitrogens with zero attached hydrogens (tertiary/aromatic N) is 2. The third-order valence-electron chi connectivity index (χ3n) is 2.40. The fourth-order valence-corrected chi connectivity index (χ4v) is 3.27. The predicted molar refractivity (Wildman–Crippen MR) is 57.5 cm³/mol. The van der Waals surface area contributed by atoms with E-state index in [4.69, 9.17) is 9.84 Å². The van der Waals surface area contributed by atoms with Gasteiger partial charge in [-0.3, -0.25) is 9.48 Å². The summed E-state index contributed by atoms with van der Waals surface area (Å²) >= 11 is 0. The summed E-state index contributed by atoms with van der Waals surface area (Å²) in [5.41, 5.74) is 0. The van der Waals surface area contributed by atoms with Crippen LogP contribution in [0.3, 0.4) is 0 Å². The fourth-order valence-electron chi connectivity index (χ4n) is 1.68. The van der Waals surface area contributed by atoms with Crippen LogP contribution in [0.5, 0.6) is 5.75 Å². The van der Waals surface area contributed by atoms with Crippen LogP contribution in [0.4, 0.5) is 0 Å². The van der Waals surface area contributed by atoms with Crippen molar-refractivity contribution in [1.82, 2.24) is 9.78 Å². The monoisotopic (exact) mass is 260 g/mol. The molecule has 1 aliphatic rings. The summed E-state index contributed by atoms with van der Waals surface area (Å²) in [5.74, 6) is -0.450. The zero-order chi connectivity index (χ0) is 12.5. The average molecular weight is 260 g/mol. The van der Waals surface area contributed by atoms with Gasteiger partial charge in [-0.25, -0.2) is 8.42 Å². The van der Waals surface area contributed by atoms with Crippen LogP contribution in [0.1, 0.15) is 6.42 Å². The molecule has 0 amide bonds. The molecule has 0 spiro atoms. The molecule has 0 aliphatic carbocycles. The third-order valence-corrected chi connectivity index (χ3v) is 4.14. The van der Waals surface area contributed by atoms with Gasteiger partial charge in [0.25, 0.3) is 0 Å². The van der Waals surface area contributed by atoms with Crippen molar-refractivity contribution in [1.29, 1.82) is 0 Å². The number of rotatable bonds is 4. The number of sulfone groups is 1. The Balaban J connectivity index is 1.96. The van der Waals surface area contributed by atoms with Crippen LogP contribution in [0, 0.1) is 0 Å². The van der Waals surface area contributed by atoms with Crippen molar-refractivity contribution in [3.8, 4) is 5.75 Å². The summed E-state index contributed by atoms with van der Waals surface area (Å²) in [4.78, 5) is 10.4. The van der Waals surface area contributed by atoms with E-state index in [1.165, 1.54) is 17.1 Å². The SMILES string of the molecule is O=C(O)Cn1cc(OC2CCS(=O)(=O)C2)cn1. The highest BCUT2D eigenvalue weighted by Gasteiger charge is 2.29. The van der Waals surface area contributed by atoms with Crippen LogP contribution in [0.15, 0.2) is 12.4 Å². The van der Waals surface area contributed by atoms with E-state index in [2.05, 4.69) is 5.10 Å². The predicted octanol–water partition coefficient (Wildman–Crippen LogP) is -0.466. The Hall–Kier alpha value is -1.57. The lowest BCUT2D eigenvalue weighted by molar-refractivity contribution is -0.137. The van der Waals surface area contributed by atoms with Crippen LogP contribution < -0.4 is 4.74 Å². The summed E-state index contributed by atoms with van der Waals surface area (Å²) in [5, 5.41) is 12.3. The van der Waals surface area contributed by atoms with Crippen LogP contribution in [-0.4, -0.2) is 46.9 Å². The maximum absolute atomic E-state index is 11.2. The van der Waals surface area contributed by atoms with Gasteiger partial charge in [-0.05, 0) is 6.42 Å². The second-order valence-electron chi connectivity index (χ2n) is 3.91. The first-order chi connectivity index (χ1) is 7.94. The van der Waals surface area contributed by atoms with Gasteiger partial charge in [0.15, 0.2) is 15.6 Å². The average Bonchev–Trinajstić information content (AvgIpc) is 2.73. The summed E-state index contributed by atoms with van der Waals surface area (Å²) < 4.78 is 29.0. The maximum atomic E-state index is 11.2. The van der Waals surface area contributed by atoms with E-state index in [1.54, 1.807) is 0 Å². The second kappa shape index (κ2) is 4.36. The van der Waals surface area contributed by atoms with Crippen molar-refractivity contribution >= 4 is 15.8 Å². The lowest BCUT2D eigenvalue weighted by Gasteiger charge is -2.08. The molecule has 2 rings (SSSR count). The Morgan fingerprint density at radius 3 is 3.00 bits per heavy atom. The molecule has 0 saturated carbocycles. The largest absolute Gasteiger partial charge is 0.486 e. The third kappa shape index (κ3) is 3.19. The second-order valence-corrected chi connectivity index (χ2v) is 6.14. The van der Waals surface area contributed by atoms with Gasteiger partial charge in [0.05, 0.1) is 23.9 Å². The van der Waals surface area contributed by atoms with Gasteiger partial charge in [-0.15, -0.1) is 0 Å². The van der Waals surface area contributed by atoms with Crippen molar-refractivity contribution in [3.05, 3.63) is 12.4 Å². The van der Waals surface area contributed by atoms with Gasteiger partial charge >= 0.3 is 5.97 Å². The molecule has 1 aromatic rings. The van der Waals surface area contributed by atoms with Crippen LogP contribution in [0.25, 0.3) is 0 Å². The molecule has 0 bridgehead atoms. The molecule has 1 fully saturated rings. The summed E-state index contributed by atoms with van der Waals surface area (Å²) in [6.07, 6.45) is 2.93. The number of carbonyl (C=O) groups is 1. The highest BCUT2D eigenvalue weighted by atomic mass is 32.2. The Morgan fingerprint density at radius 2 is 2.41 bits per heavy atom. The molecule has 1 unspecified atom stereocenters. The smallest absolute Gasteiger partial charge is 0.325 e. The number of aromatic nitrogens is 2. The minimum atomic E-state index is -2.97. The molecule has 1 saturated heterocycles. The summed E-state index contributed by atoms with van der Waals surface area (Å²) in [6.45, 7) is -0.244. The molecule has 17 heavy (non-hydrogen) atoms. The Kier molecular flexibility index (Phi) is 3.05. The molecule has 1 aliphatic heterocycles. The van der Waals surface area contributed by atoms with Crippen molar-refractivity contribution in [2.45, 2.75) is 19.1 Å². The minimum absolute atomic E-state index is 0.0110. The minimum Gasteiger partial charge on any atom is -0.486 e. The molecule has 1 atom stereocenters. The highest BCUT2D eigenvalue weighted by molar-refractivity contribution is 7.91. The van der Waals surface area contributed by atoms with Gasteiger partial charge in [0.2, 0.25) is 0 Å². The van der Waals surface area contributed by atoms with Crippen molar-refractivity contribution in [3.63, 3.8) is 0 Å². The van der Waals surface area contributed by atoms with Crippen LogP contribution >= 0.6 is 0 Å². The van der Waals surface area contributed by atoms with Crippen molar-refractivity contribution in [2.75, 3.05) is 11.5 Å². The molecule has 0 radical (unpaired) electrons. The number of hydrogen-bond donors (Lipinski definition) is 1. The van der Waals surface area contributed by atoms with Gasteiger partial charge in [-0.1, -0.05) is 0 Å². The Labute approximate surface area is 97.9 Å². The number of ether oxygens (including phenoxy) is 1. The first-order valence-electron chi connectivity index (χ1n) is 5.06. The van der Waals surface area contributed by atoms with Crippen LogP contribution in [0.2, 0.25) is 0 Å². The molecule has 0 aromatic carbocycles. The molecule has 94 valence electrons. The molecule has 1 aromatic heterocycles. The van der Waals surface area contributed by atoms with E-state index in [-0.39, 0.29) is 24.2 Å². The number of aliphatic carboxylic acids is 1. The lowest BCUT2D eigenvalue weighted by atomic mass is 10.3. The number of hydrogen-bond acceptors (Lipinski definition) is 5. The van der Waals surface area contributed by atoms with Gasteiger partial charge in [0, 0.05) is 0 Å². The molecule has 7 nitrogen and oxygen atoms in total. The number of carboxylic acid groups (broad SMARTS) is 1. The molecule has 2 heterocycles. The zero-order valence-corrected chi connectivity index (χ0v) is 9.76. The maximum Gasteiger partial charge on any atom is 0.325 e. The molecule has 1 N–H and O–H groups in total.